The molecule has 6 nitrogen and oxygen atoms in total. The third kappa shape index (κ3) is 3.94. The predicted octanol–water partition coefficient (Wildman–Crippen LogP) is 3.42. The zero-order valence-electron chi connectivity index (χ0n) is 12.2. The van der Waals surface area contributed by atoms with Crippen molar-refractivity contribution in [1.82, 2.24) is 14.3 Å². The normalized spacial score (nSPS) is 12.1. The Labute approximate surface area is 144 Å². The number of nitrogens with one attached hydrogen (secondary N) is 1. The smallest absolute Gasteiger partial charge is 0.253 e. The van der Waals surface area contributed by atoms with Gasteiger partial charge in [0.15, 0.2) is 5.82 Å². The zero-order chi connectivity index (χ0) is 18.1. The molecule has 2 aromatic heterocycles. The highest BCUT2D eigenvalue weighted by atomic mass is 32.2. The molecule has 0 aliphatic heterocycles. The van der Waals surface area contributed by atoms with Crippen LogP contribution >= 0.6 is 11.5 Å². The van der Waals surface area contributed by atoms with Gasteiger partial charge in [-0.25, -0.2) is 8.42 Å². The Hall–Kier alpha value is -2.53. The molecule has 11 heteroatoms. The predicted molar refractivity (Wildman–Crippen MR) is 85.4 cm³/mol. The molecule has 25 heavy (non-hydrogen) atoms. The van der Waals surface area contributed by atoms with Crippen molar-refractivity contribution in [1.29, 1.82) is 0 Å². The molecule has 0 aliphatic carbocycles. The second-order valence-corrected chi connectivity index (χ2v) is 7.20. The SMILES string of the molecule is O=S(=O)(Nc1nc(-c2ccccn2)ns1)c1ccc(C(F)(F)F)cc1. The molecule has 0 saturated carbocycles. The zero-order valence-corrected chi connectivity index (χ0v) is 13.9. The molecule has 2 heterocycles. The molecule has 130 valence electrons. The molecule has 0 fully saturated rings. The summed E-state index contributed by atoms with van der Waals surface area (Å²) in [5.74, 6) is 0.246. The average Bonchev–Trinajstić information content (AvgIpc) is 3.03. The Morgan fingerprint density at radius 3 is 2.36 bits per heavy atom. The van der Waals surface area contributed by atoms with Crippen LogP contribution in [0, 0.1) is 0 Å². The third-order valence-electron chi connectivity index (χ3n) is 3.03. The molecule has 0 unspecified atom stereocenters. The van der Waals surface area contributed by atoms with Crippen molar-refractivity contribution >= 4 is 26.7 Å². The highest BCUT2D eigenvalue weighted by Gasteiger charge is 2.30. The molecule has 1 N–H and O–H groups in total. The summed E-state index contributed by atoms with van der Waals surface area (Å²) in [6, 6.07) is 8.27. The molecule has 0 spiro atoms. The van der Waals surface area contributed by atoms with Crippen LogP contribution in [-0.2, 0) is 16.2 Å². The number of hydrogen-bond donors (Lipinski definition) is 1. The molecule has 3 rings (SSSR count). The molecule has 3 aromatic rings. The van der Waals surface area contributed by atoms with E-state index in [1.165, 1.54) is 0 Å². The van der Waals surface area contributed by atoms with Gasteiger partial charge in [-0.1, -0.05) is 6.07 Å². The molecule has 1 aromatic carbocycles. The minimum atomic E-state index is -4.54. The van der Waals surface area contributed by atoms with Gasteiger partial charge in [-0.3, -0.25) is 9.71 Å². The lowest BCUT2D eigenvalue weighted by atomic mass is 10.2. The van der Waals surface area contributed by atoms with Crippen molar-refractivity contribution in [2.24, 2.45) is 0 Å². The Kier molecular flexibility index (Phi) is 4.43. The minimum Gasteiger partial charge on any atom is -0.253 e. The molecule has 0 amide bonds. The monoisotopic (exact) mass is 386 g/mol. The van der Waals surface area contributed by atoms with E-state index in [2.05, 4.69) is 19.1 Å². The fourth-order valence-corrected chi connectivity index (χ4v) is 3.66. The first-order valence-corrected chi connectivity index (χ1v) is 8.96. The maximum atomic E-state index is 12.5. The van der Waals surface area contributed by atoms with Gasteiger partial charge < -0.3 is 0 Å². The Morgan fingerprint density at radius 2 is 1.76 bits per heavy atom. The number of sulfonamides is 1. The van der Waals surface area contributed by atoms with E-state index in [1.54, 1.807) is 24.4 Å². The van der Waals surface area contributed by atoms with Gasteiger partial charge in [0.2, 0.25) is 5.13 Å². The highest BCUT2D eigenvalue weighted by molar-refractivity contribution is 7.93. The fourth-order valence-electron chi connectivity index (χ4n) is 1.86. The van der Waals surface area contributed by atoms with E-state index in [0.717, 1.165) is 23.7 Å². The van der Waals surface area contributed by atoms with Crippen molar-refractivity contribution in [3.63, 3.8) is 0 Å². The van der Waals surface area contributed by atoms with Crippen LogP contribution in [-0.4, -0.2) is 22.8 Å². The lowest BCUT2D eigenvalue weighted by molar-refractivity contribution is -0.137. The van der Waals surface area contributed by atoms with Gasteiger partial charge >= 0.3 is 6.18 Å². The quantitative estimate of drug-likeness (QED) is 0.743. The minimum absolute atomic E-state index is 0.0134. The number of aromatic nitrogens is 3. The Balaban J connectivity index is 1.81. The van der Waals surface area contributed by atoms with Crippen molar-refractivity contribution in [3.05, 3.63) is 54.2 Å². The van der Waals surface area contributed by atoms with Crippen molar-refractivity contribution in [3.8, 4) is 11.5 Å². The first kappa shape index (κ1) is 17.3. The van der Waals surface area contributed by atoms with Gasteiger partial charge in [-0.15, -0.1) is 0 Å². The van der Waals surface area contributed by atoms with Crippen LogP contribution in [0.5, 0.6) is 0 Å². The number of hydrogen-bond acceptors (Lipinski definition) is 6. The number of rotatable bonds is 4. The fraction of sp³-hybridized carbons (Fsp3) is 0.0714. The van der Waals surface area contributed by atoms with Gasteiger partial charge in [-0.05, 0) is 36.4 Å². The maximum absolute atomic E-state index is 12.5. The highest BCUT2D eigenvalue weighted by Crippen LogP contribution is 2.30. The van der Waals surface area contributed by atoms with E-state index in [9.17, 15) is 21.6 Å². The largest absolute Gasteiger partial charge is 0.416 e. The van der Waals surface area contributed by atoms with Crippen LogP contribution in [0.1, 0.15) is 5.56 Å². The Bertz CT molecular complexity index is 971. The van der Waals surface area contributed by atoms with E-state index in [1.807, 2.05) is 0 Å². The van der Waals surface area contributed by atoms with Crippen LogP contribution in [0.15, 0.2) is 53.6 Å². The third-order valence-corrected chi connectivity index (χ3v) is 5.15. The molecule has 0 saturated heterocycles. The average molecular weight is 386 g/mol. The standard InChI is InChI=1S/C14H9F3N4O2S2/c15-14(16,17)9-4-6-10(7-5-9)25(22,23)21-13-19-12(20-24-13)11-3-1-2-8-18-11/h1-8H,(H,19,20,21). The van der Waals surface area contributed by atoms with Gasteiger partial charge in [0, 0.05) is 17.7 Å². The van der Waals surface area contributed by atoms with Crippen LogP contribution in [0.25, 0.3) is 11.5 Å². The van der Waals surface area contributed by atoms with E-state index in [0.29, 0.717) is 17.8 Å². The number of benzene rings is 1. The van der Waals surface area contributed by atoms with Crippen molar-refractivity contribution < 1.29 is 21.6 Å². The van der Waals surface area contributed by atoms with E-state index in [-0.39, 0.29) is 15.9 Å². The summed E-state index contributed by atoms with van der Waals surface area (Å²) >= 11 is 0.802. The summed E-state index contributed by atoms with van der Waals surface area (Å²) in [5.41, 5.74) is -0.460. The number of alkyl halides is 3. The van der Waals surface area contributed by atoms with E-state index >= 15 is 0 Å². The maximum Gasteiger partial charge on any atom is 0.416 e. The summed E-state index contributed by atoms with van der Waals surface area (Å²) < 4.78 is 68.3. The van der Waals surface area contributed by atoms with Crippen LogP contribution < -0.4 is 4.72 Å². The molecule has 0 radical (unpaired) electrons. The van der Waals surface area contributed by atoms with Gasteiger partial charge in [0.1, 0.15) is 5.69 Å². The first-order chi connectivity index (χ1) is 11.8. The summed E-state index contributed by atoms with van der Waals surface area (Å²) in [7, 11) is -4.07. The molecule has 0 aliphatic rings. The molecule has 0 atom stereocenters. The lowest BCUT2D eigenvalue weighted by Gasteiger charge is -2.08. The topological polar surface area (TPSA) is 84.8 Å². The van der Waals surface area contributed by atoms with E-state index in [4.69, 9.17) is 0 Å². The summed E-state index contributed by atoms with van der Waals surface area (Å²) in [6.07, 6.45) is -2.99. The molecular formula is C14H9F3N4O2S2. The van der Waals surface area contributed by atoms with Crippen LogP contribution in [0.4, 0.5) is 18.3 Å². The molecular weight excluding hydrogens is 377 g/mol. The summed E-state index contributed by atoms with van der Waals surface area (Å²) in [4.78, 5) is 7.76. The number of pyridine rings is 1. The van der Waals surface area contributed by atoms with Crippen molar-refractivity contribution in [2.75, 3.05) is 4.72 Å². The second kappa shape index (κ2) is 6.41. The van der Waals surface area contributed by atoms with Crippen LogP contribution in [0.3, 0.4) is 0 Å². The number of halogens is 3. The number of anilines is 1. The van der Waals surface area contributed by atoms with E-state index < -0.39 is 21.8 Å². The second-order valence-electron chi connectivity index (χ2n) is 4.77. The van der Waals surface area contributed by atoms with Gasteiger partial charge in [-0.2, -0.15) is 22.5 Å². The first-order valence-electron chi connectivity index (χ1n) is 6.71. The Morgan fingerprint density at radius 1 is 1.04 bits per heavy atom. The van der Waals surface area contributed by atoms with Crippen LogP contribution in [0.2, 0.25) is 0 Å². The van der Waals surface area contributed by atoms with Gasteiger partial charge in [0.25, 0.3) is 10.0 Å². The lowest BCUT2D eigenvalue weighted by Crippen LogP contribution is -2.13. The van der Waals surface area contributed by atoms with Gasteiger partial charge in [0.05, 0.1) is 10.5 Å². The van der Waals surface area contributed by atoms with Crippen molar-refractivity contribution in [2.45, 2.75) is 11.1 Å². The molecule has 0 bridgehead atoms. The summed E-state index contributed by atoms with van der Waals surface area (Å²) in [5, 5.41) is -0.0134. The summed E-state index contributed by atoms with van der Waals surface area (Å²) in [6.45, 7) is 0. The number of nitrogens with zero attached hydrogens (tertiary/aromatic N) is 3.